The number of sulfone groups is 1. The average molecular weight is 450 g/mol. The molecule has 0 spiro atoms. The number of nitrogens with two attached hydrogens (primary N) is 1. The van der Waals surface area contributed by atoms with Crippen LogP contribution in [0, 0.1) is 6.42 Å². The zero-order chi connectivity index (χ0) is 23.2. The van der Waals surface area contributed by atoms with Gasteiger partial charge < -0.3 is 15.6 Å². The minimum absolute atomic E-state index is 0.207. The van der Waals surface area contributed by atoms with Crippen molar-refractivity contribution in [3.63, 3.8) is 0 Å². The summed E-state index contributed by atoms with van der Waals surface area (Å²) in [5.74, 6) is -3.33. The Balaban J connectivity index is 2.03. The highest BCUT2D eigenvalue weighted by molar-refractivity contribution is 7.90. The summed E-state index contributed by atoms with van der Waals surface area (Å²) >= 11 is 0. The minimum atomic E-state index is -3.61. The van der Waals surface area contributed by atoms with Gasteiger partial charge in [0.05, 0.1) is 24.3 Å². The third-order valence-corrected chi connectivity index (χ3v) is 5.53. The topological polar surface area (TPSA) is 162 Å². The van der Waals surface area contributed by atoms with Crippen LogP contribution in [0.25, 0.3) is 0 Å². The van der Waals surface area contributed by atoms with Crippen LogP contribution in [0.4, 0.5) is 0 Å². The molecule has 0 fully saturated rings. The van der Waals surface area contributed by atoms with E-state index in [-0.39, 0.29) is 17.5 Å². The van der Waals surface area contributed by atoms with Gasteiger partial charge in [-0.25, -0.2) is 8.42 Å². The molecule has 3 N–H and O–H groups in total. The highest BCUT2D eigenvalue weighted by Crippen LogP contribution is 2.20. The van der Waals surface area contributed by atoms with Crippen molar-refractivity contribution in [2.24, 2.45) is 5.73 Å². The lowest BCUT2D eigenvalue weighted by molar-refractivity contribution is -0.119. The van der Waals surface area contributed by atoms with Crippen molar-refractivity contribution >= 4 is 27.4 Å². The zero-order valence-electron chi connectivity index (χ0n) is 17.5. The molecule has 167 valence electrons. The molecule has 1 aromatic heterocycles. The summed E-state index contributed by atoms with van der Waals surface area (Å²) in [6.07, 6.45) is 0.394. The van der Waals surface area contributed by atoms with Gasteiger partial charge in [-0.2, -0.15) is 4.98 Å². The van der Waals surface area contributed by atoms with Crippen molar-refractivity contribution in [1.29, 1.82) is 0 Å². The molecule has 0 saturated carbocycles. The van der Waals surface area contributed by atoms with E-state index in [1.807, 2.05) is 20.8 Å². The van der Waals surface area contributed by atoms with Gasteiger partial charge in [0, 0.05) is 5.41 Å². The number of Topliss-reactive ketones (excluding diaryl/α,β-unsaturated/α-hetero) is 1. The predicted octanol–water partition coefficient (Wildman–Crippen LogP) is 0.729. The Hall–Kier alpha value is -3.08. The number of amides is 2. The van der Waals surface area contributed by atoms with Crippen LogP contribution >= 0.6 is 0 Å². The lowest BCUT2D eigenvalue weighted by Crippen LogP contribution is -2.44. The van der Waals surface area contributed by atoms with Crippen LogP contribution < -0.4 is 11.1 Å². The van der Waals surface area contributed by atoms with Gasteiger partial charge in [0.15, 0.2) is 9.84 Å². The van der Waals surface area contributed by atoms with Crippen molar-refractivity contribution in [2.75, 3.05) is 5.75 Å². The summed E-state index contributed by atoms with van der Waals surface area (Å²) in [7, 11) is -3.61. The Morgan fingerprint density at radius 3 is 2.39 bits per heavy atom. The van der Waals surface area contributed by atoms with Crippen LogP contribution in [-0.2, 0) is 30.6 Å². The van der Waals surface area contributed by atoms with E-state index < -0.39 is 51.1 Å². The Labute approximate surface area is 180 Å². The molecule has 1 atom stereocenters. The summed E-state index contributed by atoms with van der Waals surface area (Å²) in [5.41, 5.74) is 5.26. The van der Waals surface area contributed by atoms with E-state index in [2.05, 4.69) is 15.5 Å². The predicted molar refractivity (Wildman–Crippen MR) is 111 cm³/mol. The fourth-order valence-electron chi connectivity index (χ4n) is 2.51. The summed E-state index contributed by atoms with van der Waals surface area (Å²) in [4.78, 5) is 40.3. The number of nitrogens with zero attached hydrogens (tertiary/aromatic N) is 2. The summed E-state index contributed by atoms with van der Waals surface area (Å²) < 4.78 is 29.5. The Bertz CT molecular complexity index is 1040. The average Bonchev–Trinajstić information content (AvgIpc) is 3.16. The smallest absolute Gasteiger partial charge is 0.240 e. The molecule has 1 aromatic carbocycles. The van der Waals surface area contributed by atoms with Crippen LogP contribution in [0.1, 0.15) is 49.3 Å². The zero-order valence-corrected chi connectivity index (χ0v) is 18.3. The first-order valence-corrected chi connectivity index (χ1v) is 11.2. The summed E-state index contributed by atoms with van der Waals surface area (Å²) in [6, 6.07) is 7.16. The summed E-state index contributed by atoms with van der Waals surface area (Å²) in [5, 5.41) is 5.91. The molecule has 2 amide bonds. The molecule has 2 rings (SSSR count). The number of aromatic nitrogens is 2. The van der Waals surface area contributed by atoms with Crippen LogP contribution in [0.15, 0.2) is 34.9 Å². The van der Waals surface area contributed by atoms with E-state index in [0.29, 0.717) is 5.56 Å². The number of carbonyl (C=O) groups is 3. The van der Waals surface area contributed by atoms with Gasteiger partial charge in [0.25, 0.3) is 0 Å². The molecule has 31 heavy (non-hydrogen) atoms. The van der Waals surface area contributed by atoms with E-state index in [0.717, 1.165) is 6.42 Å². The summed E-state index contributed by atoms with van der Waals surface area (Å²) in [6.45, 7) is 5.42. The first kappa shape index (κ1) is 24.2. The monoisotopic (exact) mass is 449 g/mol. The number of primary amides is 1. The first-order chi connectivity index (χ1) is 14.4. The number of ketones is 1. The number of hydrogen-bond acceptors (Lipinski definition) is 8. The van der Waals surface area contributed by atoms with Crippen molar-refractivity contribution < 1.29 is 27.3 Å². The SMILES string of the molecule is CC(C)(C)c1nc(C(=O)[C@H](CC(N)=O)NC(=O)[CH]CS(=O)(=O)Cc2ccccc2)no1. The second kappa shape index (κ2) is 9.82. The Kier molecular flexibility index (Phi) is 7.66. The normalized spacial score (nSPS) is 12.9. The van der Waals surface area contributed by atoms with Gasteiger partial charge >= 0.3 is 0 Å². The quantitative estimate of drug-likeness (QED) is 0.501. The molecular formula is C20H25N4O6S. The highest BCUT2D eigenvalue weighted by atomic mass is 32.2. The number of benzene rings is 1. The first-order valence-electron chi connectivity index (χ1n) is 9.42. The standard InChI is InChI=1S/C20H25N4O6S/c1-20(2,3)19-23-18(24-30-19)17(27)14(11-15(21)25)22-16(26)9-10-31(28,29)12-13-7-5-4-6-8-13/h4-9,14H,10-12H2,1-3H3,(H2,21,25)(H,22,26)/t14-/m0/s1. The lowest BCUT2D eigenvalue weighted by Gasteiger charge is -2.14. The molecule has 0 saturated heterocycles. The van der Waals surface area contributed by atoms with E-state index in [9.17, 15) is 22.8 Å². The van der Waals surface area contributed by atoms with Crippen molar-refractivity contribution in [1.82, 2.24) is 15.5 Å². The number of carbonyl (C=O) groups excluding carboxylic acids is 3. The minimum Gasteiger partial charge on any atom is -0.370 e. The maximum atomic E-state index is 12.7. The molecule has 0 unspecified atom stereocenters. The van der Waals surface area contributed by atoms with Gasteiger partial charge in [-0.15, -0.1) is 0 Å². The number of hydrogen-bond donors (Lipinski definition) is 2. The van der Waals surface area contributed by atoms with Crippen LogP contribution in [0.2, 0.25) is 0 Å². The molecule has 2 aromatic rings. The van der Waals surface area contributed by atoms with E-state index >= 15 is 0 Å². The van der Waals surface area contributed by atoms with Crippen LogP contribution in [-0.4, -0.2) is 48.0 Å². The van der Waals surface area contributed by atoms with Crippen LogP contribution in [0.5, 0.6) is 0 Å². The molecule has 0 aliphatic rings. The van der Waals surface area contributed by atoms with Gasteiger partial charge in [-0.1, -0.05) is 56.3 Å². The number of nitrogens with one attached hydrogen (secondary N) is 1. The molecule has 0 aliphatic heterocycles. The Morgan fingerprint density at radius 2 is 1.84 bits per heavy atom. The third-order valence-electron chi connectivity index (χ3n) is 4.08. The third kappa shape index (κ3) is 7.59. The van der Waals surface area contributed by atoms with Gasteiger partial charge in [0.1, 0.15) is 6.04 Å². The van der Waals surface area contributed by atoms with Crippen molar-refractivity contribution in [2.45, 2.75) is 44.4 Å². The highest BCUT2D eigenvalue weighted by Gasteiger charge is 2.30. The number of rotatable bonds is 10. The molecular weight excluding hydrogens is 424 g/mol. The molecule has 0 bridgehead atoms. The second-order valence-corrected chi connectivity index (χ2v) is 10.1. The van der Waals surface area contributed by atoms with E-state index in [1.165, 1.54) is 0 Å². The molecule has 10 nitrogen and oxygen atoms in total. The molecule has 0 aliphatic carbocycles. The molecule has 1 heterocycles. The van der Waals surface area contributed by atoms with E-state index in [4.69, 9.17) is 10.3 Å². The fourth-order valence-corrected chi connectivity index (χ4v) is 3.74. The largest absolute Gasteiger partial charge is 0.370 e. The van der Waals surface area contributed by atoms with Crippen LogP contribution in [0.3, 0.4) is 0 Å². The second-order valence-electron chi connectivity index (χ2n) is 8.01. The Morgan fingerprint density at radius 1 is 1.19 bits per heavy atom. The fraction of sp³-hybridized carbons (Fsp3) is 0.400. The maximum Gasteiger partial charge on any atom is 0.240 e. The van der Waals surface area contributed by atoms with Crippen molar-refractivity contribution in [3.8, 4) is 0 Å². The lowest BCUT2D eigenvalue weighted by atomic mass is 9.97. The van der Waals surface area contributed by atoms with E-state index in [1.54, 1.807) is 30.3 Å². The van der Waals surface area contributed by atoms with Gasteiger partial charge in [-0.3, -0.25) is 14.4 Å². The molecule has 1 radical (unpaired) electrons. The van der Waals surface area contributed by atoms with Gasteiger partial charge in [0.2, 0.25) is 29.3 Å². The molecule has 11 heteroatoms. The van der Waals surface area contributed by atoms with Crippen molar-refractivity contribution in [3.05, 3.63) is 54.0 Å². The maximum absolute atomic E-state index is 12.7. The van der Waals surface area contributed by atoms with Gasteiger partial charge in [-0.05, 0) is 5.56 Å².